The molecule has 3 nitrogen and oxygen atoms in total. The van der Waals surface area contributed by atoms with Gasteiger partial charge in [-0.3, -0.25) is 4.79 Å². The van der Waals surface area contributed by atoms with Gasteiger partial charge in [-0.1, -0.05) is 6.92 Å². The summed E-state index contributed by atoms with van der Waals surface area (Å²) in [5, 5.41) is 0. The second-order valence-corrected chi connectivity index (χ2v) is 3.47. The molecule has 1 aromatic rings. The molecule has 0 radical (unpaired) electrons. The largest absolute Gasteiger partial charge is 0.460 e. The summed E-state index contributed by atoms with van der Waals surface area (Å²) < 4.78 is 10.5. The maximum absolute atomic E-state index is 11.3. The van der Waals surface area contributed by atoms with Crippen molar-refractivity contribution in [3.63, 3.8) is 0 Å². The van der Waals surface area contributed by atoms with E-state index in [1.807, 2.05) is 13.8 Å². The van der Waals surface area contributed by atoms with Crippen molar-refractivity contribution in [2.75, 3.05) is 0 Å². The van der Waals surface area contributed by atoms with Crippen molar-refractivity contribution in [1.82, 2.24) is 0 Å². The summed E-state index contributed by atoms with van der Waals surface area (Å²) in [6.45, 7) is 3.93. The molecule has 0 aliphatic carbocycles. The molecule has 2 bridgehead atoms. The Kier molecular flexibility index (Phi) is 0.827. The monoisotopic (exact) mass is 164 g/mol. The molecule has 2 aliphatic heterocycles. The number of fused-ring (bicyclic) bond motifs is 1. The predicted octanol–water partition coefficient (Wildman–Crippen LogP) is 1.71. The Morgan fingerprint density at radius 1 is 1.33 bits per heavy atom. The molecule has 0 spiro atoms. The van der Waals surface area contributed by atoms with Gasteiger partial charge in [0.25, 0.3) is 0 Å². The van der Waals surface area contributed by atoms with E-state index < -0.39 is 0 Å². The summed E-state index contributed by atoms with van der Waals surface area (Å²) in [5.41, 5.74) is 1.000. The van der Waals surface area contributed by atoms with Crippen molar-refractivity contribution >= 4 is 5.97 Å². The number of furan rings is 1. The zero-order chi connectivity index (χ0) is 8.46. The molecule has 0 fully saturated rings. The lowest BCUT2D eigenvalue weighted by Crippen LogP contribution is -2.12. The van der Waals surface area contributed by atoms with E-state index in [1.54, 1.807) is 0 Å². The summed E-state index contributed by atoms with van der Waals surface area (Å²) in [7, 11) is 0. The molecule has 2 atom stereocenters. The molecule has 62 valence electrons. The Morgan fingerprint density at radius 3 is 2.75 bits per heavy atom. The van der Waals surface area contributed by atoms with E-state index in [1.165, 1.54) is 0 Å². The van der Waals surface area contributed by atoms with Crippen LogP contribution in [-0.2, 0) is 4.79 Å². The minimum absolute atomic E-state index is 0.140. The van der Waals surface area contributed by atoms with Gasteiger partial charge in [0, 0.05) is 11.5 Å². The quantitative estimate of drug-likeness (QED) is 0.548. The number of hydrogen-bond donors (Lipinski definition) is 0. The van der Waals surface area contributed by atoms with Gasteiger partial charge in [-0.25, -0.2) is 0 Å². The molecular formula is C9H8O3. The Balaban J connectivity index is 2.35. The van der Waals surface area contributed by atoms with Crippen LogP contribution in [0.4, 0.5) is 0 Å². The zero-order valence-corrected chi connectivity index (χ0v) is 6.88. The third-order valence-electron chi connectivity index (χ3n) is 2.81. The fraction of sp³-hybridized carbons (Fsp3) is 0.444. The first-order valence-corrected chi connectivity index (χ1v) is 4.05. The lowest BCUT2D eigenvalue weighted by atomic mass is 9.87. The van der Waals surface area contributed by atoms with Crippen LogP contribution in [0.25, 0.3) is 0 Å². The zero-order valence-electron chi connectivity index (χ0n) is 6.88. The van der Waals surface area contributed by atoms with Crippen LogP contribution in [0.15, 0.2) is 4.42 Å². The molecule has 3 heteroatoms. The molecule has 2 aliphatic rings. The second kappa shape index (κ2) is 1.58. The van der Waals surface area contributed by atoms with Crippen molar-refractivity contribution in [2.24, 2.45) is 0 Å². The van der Waals surface area contributed by atoms with Crippen molar-refractivity contribution < 1.29 is 13.9 Å². The summed E-state index contributed by atoms with van der Waals surface area (Å²) in [6, 6.07) is 0. The fourth-order valence-electron chi connectivity index (χ4n) is 2.16. The Labute approximate surface area is 69.3 Å². The highest BCUT2D eigenvalue weighted by molar-refractivity contribution is 5.88. The number of esters is 1. The van der Waals surface area contributed by atoms with Crippen LogP contribution in [0.5, 0.6) is 5.75 Å². The molecule has 2 unspecified atom stereocenters. The maximum atomic E-state index is 11.3. The van der Waals surface area contributed by atoms with E-state index in [-0.39, 0.29) is 17.8 Å². The van der Waals surface area contributed by atoms with Crippen LogP contribution in [-0.4, -0.2) is 5.97 Å². The van der Waals surface area contributed by atoms with Crippen molar-refractivity contribution in [3.05, 3.63) is 17.1 Å². The lowest BCUT2D eigenvalue weighted by molar-refractivity contribution is -0.134. The minimum atomic E-state index is -0.153. The van der Waals surface area contributed by atoms with Gasteiger partial charge in [-0.15, -0.1) is 0 Å². The summed E-state index contributed by atoms with van der Waals surface area (Å²) >= 11 is 0. The van der Waals surface area contributed by atoms with Gasteiger partial charge in [0.15, 0.2) is 11.5 Å². The molecule has 3 heterocycles. The number of ether oxygens (including phenoxy) is 1. The molecule has 0 saturated carbocycles. The average molecular weight is 164 g/mol. The summed E-state index contributed by atoms with van der Waals surface area (Å²) in [6.07, 6.45) is 0. The van der Waals surface area contributed by atoms with E-state index in [4.69, 9.17) is 9.15 Å². The normalized spacial score (nSPS) is 29.7. The van der Waals surface area contributed by atoms with E-state index in [9.17, 15) is 4.79 Å². The Hall–Kier alpha value is -1.25. The first kappa shape index (κ1) is 6.29. The van der Waals surface area contributed by atoms with Crippen LogP contribution in [0.2, 0.25) is 0 Å². The fourth-order valence-corrected chi connectivity index (χ4v) is 2.16. The molecule has 12 heavy (non-hydrogen) atoms. The highest BCUT2D eigenvalue weighted by Gasteiger charge is 2.50. The molecule has 0 N–H and O–H groups in total. The number of hydrogen-bond acceptors (Lipinski definition) is 3. The van der Waals surface area contributed by atoms with E-state index in [0.29, 0.717) is 5.75 Å². The molecule has 3 rings (SSSR count). The summed E-state index contributed by atoms with van der Waals surface area (Å²) in [5.74, 6) is 2.24. The van der Waals surface area contributed by atoms with Crippen LogP contribution < -0.4 is 4.74 Å². The van der Waals surface area contributed by atoms with Crippen molar-refractivity contribution in [1.29, 1.82) is 0 Å². The van der Waals surface area contributed by atoms with E-state index in [2.05, 4.69) is 0 Å². The predicted molar refractivity (Wildman–Crippen MR) is 40.2 cm³/mol. The van der Waals surface area contributed by atoms with Crippen molar-refractivity contribution in [2.45, 2.75) is 25.7 Å². The van der Waals surface area contributed by atoms with Gasteiger partial charge in [0.2, 0.25) is 0 Å². The highest BCUT2D eigenvalue weighted by Crippen LogP contribution is 2.55. The third kappa shape index (κ3) is 0.435. The first-order valence-electron chi connectivity index (χ1n) is 4.05. The topological polar surface area (TPSA) is 39.4 Å². The van der Waals surface area contributed by atoms with Crippen LogP contribution in [0, 0.1) is 6.92 Å². The van der Waals surface area contributed by atoms with Gasteiger partial charge in [0.05, 0.1) is 0 Å². The van der Waals surface area contributed by atoms with Crippen LogP contribution in [0.1, 0.15) is 35.8 Å². The van der Waals surface area contributed by atoms with Gasteiger partial charge in [-0.05, 0) is 6.92 Å². The third-order valence-corrected chi connectivity index (χ3v) is 2.81. The number of carbonyl (C=O) groups excluding carboxylic acids is 1. The van der Waals surface area contributed by atoms with Gasteiger partial charge in [0.1, 0.15) is 11.7 Å². The van der Waals surface area contributed by atoms with E-state index >= 15 is 0 Å². The molecule has 0 saturated heterocycles. The van der Waals surface area contributed by atoms with Crippen molar-refractivity contribution in [3.8, 4) is 5.75 Å². The molecular weight excluding hydrogens is 156 g/mol. The van der Waals surface area contributed by atoms with Crippen LogP contribution >= 0.6 is 0 Å². The second-order valence-electron chi connectivity index (χ2n) is 3.47. The lowest BCUT2D eigenvalue weighted by Gasteiger charge is -2.06. The molecule has 1 aromatic heterocycles. The Morgan fingerprint density at radius 2 is 2.08 bits per heavy atom. The van der Waals surface area contributed by atoms with Crippen LogP contribution in [0.3, 0.4) is 0 Å². The molecule has 0 aromatic carbocycles. The first-order chi connectivity index (χ1) is 5.70. The smallest absolute Gasteiger partial charge is 0.323 e. The SMILES string of the molecule is Cc1c2oc3c1OC(=O)C3C2C. The molecule has 0 amide bonds. The standard InChI is InChI=1S/C9H8O3/c1-3-5-8-7(12-9(5)10)4(2)6(3)11-8/h3,5H,1-2H3. The Bertz CT molecular complexity index is 389. The number of rotatable bonds is 0. The minimum Gasteiger partial charge on any atom is -0.460 e. The summed E-state index contributed by atoms with van der Waals surface area (Å²) in [4.78, 5) is 11.3. The van der Waals surface area contributed by atoms with E-state index in [0.717, 1.165) is 17.1 Å². The van der Waals surface area contributed by atoms with Gasteiger partial charge < -0.3 is 9.15 Å². The average Bonchev–Trinajstić information content (AvgIpc) is 2.56. The van der Waals surface area contributed by atoms with Gasteiger partial charge in [-0.2, -0.15) is 0 Å². The maximum Gasteiger partial charge on any atom is 0.323 e. The van der Waals surface area contributed by atoms with Gasteiger partial charge >= 0.3 is 5.97 Å². The highest BCUT2D eigenvalue weighted by atomic mass is 16.6. The number of carbonyl (C=O) groups is 1.